The van der Waals surface area contributed by atoms with E-state index in [-0.39, 0.29) is 13.0 Å². The van der Waals surface area contributed by atoms with Crippen molar-refractivity contribution in [1.82, 2.24) is 0 Å². The first kappa shape index (κ1) is 19.3. The first-order valence-corrected chi connectivity index (χ1v) is 9.84. The molecule has 11 heteroatoms. The summed E-state index contributed by atoms with van der Waals surface area (Å²) in [5, 5.41) is 0. The lowest BCUT2D eigenvalue weighted by molar-refractivity contribution is -0.252. The summed E-state index contributed by atoms with van der Waals surface area (Å²) < 4.78 is 70.7. The van der Waals surface area contributed by atoms with Gasteiger partial charge in [-0.25, -0.2) is 4.39 Å². The second-order valence-corrected chi connectivity index (χ2v) is 7.29. The van der Waals surface area contributed by atoms with Crippen LogP contribution >= 0.6 is 0 Å². The molecule has 0 spiro atoms. The summed E-state index contributed by atoms with van der Waals surface area (Å²) in [6, 6.07) is 4.34. The Morgan fingerprint density at radius 2 is 1.64 bits per heavy atom. The molecule has 2 aliphatic rings. The normalized spacial score (nSPS) is 27.8. The van der Waals surface area contributed by atoms with E-state index in [0.717, 1.165) is 0 Å². The van der Waals surface area contributed by atoms with Gasteiger partial charge in [-0.1, -0.05) is 6.07 Å². The minimum Gasteiger partial charge on any atom is -0.463 e. The van der Waals surface area contributed by atoms with Gasteiger partial charge in [-0.2, -0.15) is 0 Å². The highest BCUT2D eigenvalue weighted by molar-refractivity contribution is 5.69. The van der Waals surface area contributed by atoms with Crippen LogP contribution in [0.3, 0.4) is 0 Å². The third-order valence-corrected chi connectivity index (χ3v) is 5.13. The largest absolute Gasteiger partial charge is 0.463 e. The number of anilines is 1. The molecule has 33 heavy (non-hydrogen) atoms. The van der Waals surface area contributed by atoms with Gasteiger partial charge < -0.3 is 28.6 Å². The van der Waals surface area contributed by atoms with Gasteiger partial charge in [0.1, 0.15) is 18.5 Å². The van der Waals surface area contributed by atoms with Gasteiger partial charge in [0, 0.05) is 50.9 Å². The molecule has 0 aromatic heterocycles. The first-order chi connectivity index (χ1) is 17.7. The van der Waals surface area contributed by atoms with Crippen molar-refractivity contribution >= 4 is 29.6 Å². The maximum atomic E-state index is 14.4. The van der Waals surface area contributed by atoms with Crippen LogP contribution in [0.4, 0.5) is 10.1 Å². The molecule has 0 radical (unpaired) electrons. The Labute approximate surface area is 195 Å². The Kier molecular flexibility index (Phi) is 5.93. The van der Waals surface area contributed by atoms with Gasteiger partial charge in [-0.15, -0.1) is 0 Å². The van der Waals surface area contributed by atoms with Crippen molar-refractivity contribution in [3.63, 3.8) is 0 Å². The first-order valence-electron chi connectivity index (χ1n) is 12.7. The zero-order valence-electron chi connectivity index (χ0n) is 21.6. The lowest BCUT2D eigenvalue weighted by Gasteiger charge is -2.47. The van der Waals surface area contributed by atoms with E-state index in [1.54, 1.807) is 11.0 Å². The number of hydrogen-bond acceptors (Lipinski definition) is 10. The highest BCUT2D eigenvalue weighted by Gasteiger charge is 2.54. The van der Waals surface area contributed by atoms with Crippen molar-refractivity contribution in [2.45, 2.75) is 64.7 Å². The number of hydrogen-bond donors (Lipinski definition) is 0. The average Bonchev–Trinajstić information content (AvgIpc) is 3.34. The summed E-state index contributed by atoms with van der Waals surface area (Å²) in [7, 11) is 0. The van der Waals surface area contributed by atoms with E-state index in [9.17, 15) is 23.6 Å². The highest BCUT2D eigenvalue weighted by atomic mass is 19.1. The molecule has 10 nitrogen and oxygen atoms in total. The summed E-state index contributed by atoms with van der Waals surface area (Å²) in [6.45, 7) is -3.57. The topological polar surface area (TPSA) is 118 Å². The number of halogens is 1. The molecular weight excluding hydrogens is 441 g/mol. The van der Waals surface area contributed by atoms with Crippen molar-refractivity contribution < 1.29 is 52.7 Å². The molecule has 0 N–H and O–H groups in total. The fourth-order valence-corrected chi connectivity index (χ4v) is 3.99. The quantitative estimate of drug-likeness (QED) is 0.443. The van der Waals surface area contributed by atoms with Gasteiger partial charge in [0.25, 0.3) is 0 Å². The Balaban J connectivity index is 2.08. The zero-order valence-corrected chi connectivity index (χ0v) is 17.6. The molecule has 0 bridgehead atoms. The highest BCUT2D eigenvalue weighted by Crippen LogP contribution is 2.38. The SMILES string of the molecule is [2H]CC(=O)OC[C@H]1OC(N2CCc3c(F)cccc32)[C@H](OC(=O)C[2H])[C@@H](OC(=O)C[2H])[C@@H]1OC(=O)C[2H]. The molecule has 2 heterocycles. The summed E-state index contributed by atoms with van der Waals surface area (Å²) in [5.41, 5.74) is 0.752. The minimum absolute atomic E-state index is 0.186. The fourth-order valence-electron chi connectivity index (χ4n) is 3.99. The number of fused-ring (bicyclic) bond motifs is 1. The summed E-state index contributed by atoms with van der Waals surface area (Å²) in [4.78, 5) is 49.7. The summed E-state index contributed by atoms with van der Waals surface area (Å²) in [5.74, 6) is -4.57. The Morgan fingerprint density at radius 3 is 2.30 bits per heavy atom. The molecule has 1 aromatic carbocycles. The van der Waals surface area contributed by atoms with Gasteiger partial charge in [0.15, 0.2) is 24.5 Å². The summed E-state index contributed by atoms with van der Waals surface area (Å²) in [6.07, 6.45) is -7.03. The molecule has 0 amide bonds. The van der Waals surface area contributed by atoms with Crippen LogP contribution in [0.25, 0.3) is 0 Å². The molecule has 1 fully saturated rings. The van der Waals surface area contributed by atoms with Crippen LogP contribution < -0.4 is 4.90 Å². The molecule has 5 atom stereocenters. The molecule has 180 valence electrons. The average molecular weight is 471 g/mol. The molecule has 1 aromatic rings. The number of rotatable bonds is 6. The molecular formula is C22H26FNO9. The fraction of sp³-hybridized carbons (Fsp3) is 0.545. The van der Waals surface area contributed by atoms with Crippen LogP contribution in [0.2, 0.25) is 0 Å². The second-order valence-electron chi connectivity index (χ2n) is 7.29. The molecule has 2 aliphatic heterocycles. The summed E-state index contributed by atoms with van der Waals surface area (Å²) >= 11 is 0. The maximum absolute atomic E-state index is 14.4. The van der Waals surface area contributed by atoms with Gasteiger partial charge in [0.2, 0.25) is 0 Å². The van der Waals surface area contributed by atoms with E-state index < -0.39 is 94.5 Å². The lowest BCUT2D eigenvalue weighted by Crippen LogP contribution is -2.66. The van der Waals surface area contributed by atoms with Gasteiger partial charge in [-0.3, -0.25) is 19.2 Å². The maximum Gasteiger partial charge on any atom is 0.303 e. The number of benzene rings is 1. The van der Waals surface area contributed by atoms with E-state index in [0.29, 0.717) is 11.3 Å². The van der Waals surface area contributed by atoms with E-state index in [1.165, 1.54) is 12.1 Å². The van der Waals surface area contributed by atoms with Crippen molar-refractivity contribution in [2.24, 2.45) is 0 Å². The minimum atomic E-state index is -1.60. The molecule has 3 rings (SSSR count). The van der Waals surface area contributed by atoms with E-state index in [1.807, 2.05) is 0 Å². The Bertz CT molecular complexity index is 1020. The predicted octanol–water partition coefficient (Wildman–Crippen LogP) is 1.27. The third kappa shape index (κ3) is 5.59. The van der Waals surface area contributed by atoms with Gasteiger partial charge >= 0.3 is 23.9 Å². The van der Waals surface area contributed by atoms with Gasteiger partial charge in [-0.05, 0) is 18.6 Å². The molecule has 1 unspecified atom stereocenters. The number of esters is 4. The number of ether oxygens (including phenoxy) is 5. The van der Waals surface area contributed by atoms with Crippen LogP contribution in [0.1, 0.15) is 38.6 Å². The van der Waals surface area contributed by atoms with Crippen molar-refractivity contribution in [3.8, 4) is 0 Å². The van der Waals surface area contributed by atoms with Gasteiger partial charge in [0.05, 0.1) is 0 Å². The number of nitrogens with zero attached hydrogens (tertiary/aromatic N) is 1. The van der Waals surface area contributed by atoms with Crippen LogP contribution in [0, 0.1) is 5.82 Å². The van der Waals surface area contributed by atoms with Crippen molar-refractivity contribution in [1.29, 1.82) is 0 Å². The van der Waals surface area contributed by atoms with Crippen molar-refractivity contribution in [3.05, 3.63) is 29.6 Å². The molecule has 1 saturated heterocycles. The Morgan fingerprint density at radius 1 is 1.00 bits per heavy atom. The second kappa shape index (κ2) is 10.2. The Hall–Kier alpha value is -3.21. The van der Waals surface area contributed by atoms with Crippen LogP contribution in [0.15, 0.2) is 18.2 Å². The lowest BCUT2D eigenvalue weighted by atomic mass is 9.96. The van der Waals surface area contributed by atoms with E-state index in [4.69, 9.17) is 29.2 Å². The van der Waals surface area contributed by atoms with E-state index >= 15 is 0 Å². The van der Waals surface area contributed by atoms with E-state index in [2.05, 4.69) is 0 Å². The van der Waals surface area contributed by atoms with Crippen LogP contribution in [0.5, 0.6) is 0 Å². The number of carbonyl (C=O) groups excluding carboxylic acids is 4. The standard InChI is InChI=1S/C22H26FNO9/c1-11(25)29-10-18-19(30-12(2)26)20(31-13(3)27)21(32-14(4)28)22(33-18)24-9-8-15-16(23)6-5-7-17(15)24/h5-7,18-22H,8-10H2,1-4H3/t18-,19-,20+,21-,22?/m1/s1/i1D,2D,3D,4D. The smallest absolute Gasteiger partial charge is 0.303 e. The molecule has 0 saturated carbocycles. The predicted molar refractivity (Wildman–Crippen MR) is 109 cm³/mol. The van der Waals surface area contributed by atoms with Crippen molar-refractivity contribution in [2.75, 3.05) is 18.1 Å². The third-order valence-electron chi connectivity index (χ3n) is 5.13. The zero-order chi connectivity index (χ0) is 27.1. The monoisotopic (exact) mass is 471 g/mol. The van der Waals surface area contributed by atoms with Crippen LogP contribution in [-0.2, 0) is 49.3 Å². The number of carbonyl (C=O) groups is 4. The molecule has 0 aliphatic carbocycles. The van der Waals surface area contributed by atoms with Crippen LogP contribution in [-0.4, -0.2) is 67.7 Å².